The fraction of sp³-hybridized carbons (Fsp3) is 0.286. The van der Waals surface area contributed by atoms with E-state index in [1.807, 2.05) is 0 Å². The Bertz CT molecular complexity index is 1290. The molecule has 0 aliphatic heterocycles. The minimum Gasteiger partial charge on any atom is -0.381 e. The number of thiazole rings is 1. The molecule has 11 heteroatoms. The monoisotopic (exact) mass is 454 g/mol. The molecule has 0 fully saturated rings. The standard InChI is InChI=1S/C21H22N6O4S/c1-4-27-18(29)16(32-19(27)15(11-23)17(28)24-9-8-22)12-25-13-6-5-7-14(10-13)26-20(30)21(2,3)31/h5-7,10,12,25,31H,4,9H2,1-3H3,(H,24,28)(H,26,30)/b16-12+,19-15-. The van der Waals surface area contributed by atoms with Crippen LogP contribution in [-0.2, 0) is 16.1 Å². The third-order valence-electron chi connectivity index (χ3n) is 4.15. The number of aliphatic hydroxyl groups is 1. The highest BCUT2D eigenvalue weighted by molar-refractivity contribution is 7.07. The van der Waals surface area contributed by atoms with Gasteiger partial charge in [-0.25, -0.2) is 0 Å². The van der Waals surface area contributed by atoms with Gasteiger partial charge in [0.15, 0.2) is 5.57 Å². The molecule has 1 heterocycles. The Morgan fingerprint density at radius 2 is 1.97 bits per heavy atom. The Morgan fingerprint density at radius 1 is 1.28 bits per heavy atom. The predicted octanol–water partition coefficient (Wildman–Crippen LogP) is -0.197. The number of carbonyl (C=O) groups excluding carboxylic acids is 2. The van der Waals surface area contributed by atoms with Crippen LogP contribution in [0.5, 0.6) is 0 Å². The summed E-state index contributed by atoms with van der Waals surface area (Å²) in [6.07, 6.45) is 1.45. The van der Waals surface area contributed by atoms with E-state index in [-0.39, 0.29) is 33.4 Å². The van der Waals surface area contributed by atoms with Gasteiger partial charge in [-0.3, -0.25) is 19.0 Å². The molecule has 0 radical (unpaired) electrons. The zero-order valence-corrected chi connectivity index (χ0v) is 18.5. The molecule has 0 bridgehead atoms. The van der Waals surface area contributed by atoms with E-state index in [9.17, 15) is 24.8 Å². The van der Waals surface area contributed by atoms with Crippen molar-refractivity contribution in [2.75, 3.05) is 17.2 Å². The zero-order valence-electron chi connectivity index (χ0n) is 17.7. The highest BCUT2D eigenvalue weighted by Gasteiger charge is 2.23. The molecular formula is C21H22N6O4S. The molecule has 0 saturated carbocycles. The SMILES string of the molecule is CCn1c(=O)/c(=C\Nc2cccc(NC(=O)C(C)(C)O)c2)s/c1=C(/C#N)C(=O)NCC#N. The summed E-state index contributed by atoms with van der Waals surface area (Å²) in [6, 6.07) is 10.2. The molecule has 0 aliphatic carbocycles. The van der Waals surface area contributed by atoms with Crippen LogP contribution in [0.15, 0.2) is 29.1 Å². The lowest BCUT2D eigenvalue weighted by Crippen LogP contribution is -2.36. The van der Waals surface area contributed by atoms with Crippen molar-refractivity contribution in [2.45, 2.75) is 32.9 Å². The van der Waals surface area contributed by atoms with E-state index in [0.29, 0.717) is 11.4 Å². The average molecular weight is 455 g/mol. The topological polar surface area (TPSA) is 160 Å². The number of hydrogen-bond acceptors (Lipinski definition) is 8. The molecule has 2 rings (SSSR count). The number of nitrogens with one attached hydrogen (secondary N) is 3. The van der Waals surface area contributed by atoms with Gasteiger partial charge in [0.1, 0.15) is 27.4 Å². The first-order valence-electron chi connectivity index (χ1n) is 9.52. The maximum absolute atomic E-state index is 12.7. The van der Waals surface area contributed by atoms with Crippen molar-refractivity contribution < 1.29 is 14.7 Å². The average Bonchev–Trinajstić information content (AvgIpc) is 3.05. The fourth-order valence-electron chi connectivity index (χ4n) is 2.52. The molecule has 0 atom stereocenters. The van der Waals surface area contributed by atoms with Gasteiger partial charge in [0.25, 0.3) is 17.4 Å². The number of nitrogens with zero attached hydrogens (tertiary/aromatic N) is 3. The van der Waals surface area contributed by atoms with Crippen molar-refractivity contribution >= 4 is 46.3 Å². The first kappa shape index (κ1) is 24.3. The van der Waals surface area contributed by atoms with Gasteiger partial charge in [-0.2, -0.15) is 10.5 Å². The first-order valence-corrected chi connectivity index (χ1v) is 10.3. The molecule has 0 spiro atoms. The Morgan fingerprint density at radius 3 is 2.56 bits per heavy atom. The van der Waals surface area contributed by atoms with E-state index in [1.54, 1.807) is 43.3 Å². The smallest absolute Gasteiger partial charge is 0.270 e. The first-order chi connectivity index (χ1) is 15.1. The summed E-state index contributed by atoms with van der Waals surface area (Å²) in [5.41, 5.74) is -1.16. The second-order valence-corrected chi connectivity index (χ2v) is 8.06. The van der Waals surface area contributed by atoms with Crippen LogP contribution in [0.1, 0.15) is 20.8 Å². The van der Waals surface area contributed by atoms with E-state index in [4.69, 9.17) is 5.26 Å². The molecule has 1 aromatic heterocycles. The number of hydrogen-bond donors (Lipinski definition) is 4. The molecule has 2 aromatic rings. The van der Waals surface area contributed by atoms with Gasteiger partial charge in [0.2, 0.25) is 0 Å². The second kappa shape index (κ2) is 10.4. The Labute approximate surface area is 187 Å². The van der Waals surface area contributed by atoms with Gasteiger partial charge in [0, 0.05) is 24.1 Å². The number of aromatic nitrogens is 1. The van der Waals surface area contributed by atoms with Gasteiger partial charge in [-0.15, -0.1) is 11.3 Å². The lowest BCUT2D eigenvalue weighted by Gasteiger charge is -2.16. The van der Waals surface area contributed by atoms with Crippen LogP contribution < -0.4 is 30.7 Å². The highest BCUT2D eigenvalue weighted by atomic mass is 32.1. The van der Waals surface area contributed by atoms with Gasteiger partial charge in [-0.1, -0.05) is 6.07 Å². The number of rotatable bonds is 7. The van der Waals surface area contributed by atoms with Gasteiger partial charge in [0.05, 0.1) is 6.07 Å². The number of benzene rings is 1. The van der Waals surface area contributed by atoms with Crippen molar-refractivity contribution in [3.05, 3.63) is 43.8 Å². The molecule has 32 heavy (non-hydrogen) atoms. The van der Waals surface area contributed by atoms with Gasteiger partial charge < -0.3 is 21.1 Å². The molecule has 0 saturated heterocycles. The number of amides is 2. The van der Waals surface area contributed by atoms with Crippen molar-refractivity contribution in [1.29, 1.82) is 10.5 Å². The van der Waals surface area contributed by atoms with Gasteiger partial charge in [-0.05, 0) is 39.0 Å². The largest absolute Gasteiger partial charge is 0.381 e. The molecule has 166 valence electrons. The van der Waals surface area contributed by atoms with E-state index in [0.717, 1.165) is 11.3 Å². The van der Waals surface area contributed by atoms with E-state index in [2.05, 4.69) is 16.0 Å². The van der Waals surface area contributed by atoms with E-state index >= 15 is 0 Å². The molecule has 0 aliphatic rings. The normalized spacial score (nSPS) is 12.4. The summed E-state index contributed by atoms with van der Waals surface area (Å²) in [4.78, 5) is 36.9. The second-order valence-electron chi connectivity index (χ2n) is 7.03. The maximum atomic E-state index is 12.7. The van der Waals surface area contributed by atoms with Crippen molar-refractivity contribution in [2.24, 2.45) is 0 Å². The predicted molar refractivity (Wildman–Crippen MR) is 121 cm³/mol. The van der Waals surface area contributed by atoms with Crippen molar-refractivity contribution in [1.82, 2.24) is 9.88 Å². The van der Waals surface area contributed by atoms with Crippen LogP contribution in [0.25, 0.3) is 11.8 Å². The fourth-order valence-corrected chi connectivity index (χ4v) is 3.60. The Kier molecular flexibility index (Phi) is 7.91. The van der Waals surface area contributed by atoms with Crippen LogP contribution in [0, 0.1) is 22.7 Å². The summed E-state index contributed by atoms with van der Waals surface area (Å²) in [6.45, 7) is 4.45. The van der Waals surface area contributed by atoms with Crippen LogP contribution in [0.4, 0.5) is 11.4 Å². The van der Waals surface area contributed by atoms with E-state index < -0.39 is 17.4 Å². The molecule has 0 unspecified atom stereocenters. The molecule has 2 amide bonds. The lowest BCUT2D eigenvalue weighted by molar-refractivity contribution is -0.130. The Balaban J connectivity index is 2.42. The summed E-state index contributed by atoms with van der Waals surface area (Å²) in [5.74, 6) is -1.30. The molecule has 4 N–H and O–H groups in total. The summed E-state index contributed by atoms with van der Waals surface area (Å²) in [5, 5.41) is 35.7. The highest BCUT2D eigenvalue weighted by Crippen LogP contribution is 2.16. The summed E-state index contributed by atoms with van der Waals surface area (Å²) >= 11 is 0.969. The van der Waals surface area contributed by atoms with Gasteiger partial charge >= 0.3 is 0 Å². The number of nitriles is 2. The Hall–Kier alpha value is -3.93. The summed E-state index contributed by atoms with van der Waals surface area (Å²) < 4.78 is 1.76. The summed E-state index contributed by atoms with van der Waals surface area (Å²) in [7, 11) is 0. The number of anilines is 2. The third-order valence-corrected chi connectivity index (χ3v) is 5.28. The third kappa shape index (κ3) is 5.82. The minimum atomic E-state index is -1.54. The molecule has 1 aromatic carbocycles. The van der Waals surface area contributed by atoms with Crippen LogP contribution >= 0.6 is 11.3 Å². The molecular weight excluding hydrogens is 432 g/mol. The zero-order chi connectivity index (χ0) is 23.9. The van der Waals surface area contributed by atoms with Crippen LogP contribution in [0.3, 0.4) is 0 Å². The quantitative estimate of drug-likeness (QED) is 0.422. The van der Waals surface area contributed by atoms with Crippen molar-refractivity contribution in [3.63, 3.8) is 0 Å². The molecule has 10 nitrogen and oxygen atoms in total. The maximum Gasteiger partial charge on any atom is 0.270 e. The van der Waals surface area contributed by atoms with Crippen molar-refractivity contribution in [3.8, 4) is 12.1 Å². The lowest BCUT2D eigenvalue weighted by atomic mass is 10.1. The van der Waals surface area contributed by atoms with E-state index in [1.165, 1.54) is 24.6 Å². The minimum absolute atomic E-state index is 0.190. The van der Waals surface area contributed by atoms with Crippen LogP contribution in [-0.4, -0.2) is 33.6 Å². The number of carbonyl (C=O) groups is 2. The van der Waals surface area contributed by atoms with Crippen LogP contribution in [0.2, 0.25) is 0 Å².